The third kappa shape index (κ3) is 4.64. The molecule has 1 fully saturated rings. The first-order valence-corrected chi connectivity index (χ1v) is 15.4. The number of alkyl halides is 2. The third-order valence-corrected chi connectivity index (χ3v) is 9.99. The number of carbonyl (C=O) groups is 4. The minimum Gasteiger partial charge on any atom is -0.459 e. The molecule has 43 heavy (non-hydrogen) atoms. The second-order valence-corrected chi connectivity index (χ2v) is 12.9. The number of rotatable bonds is 9. The first kappa shape index (κ1) is 29.4. The topological polar surface area (TPSA) is 92.8 Å². The van der Waals surface area contributed by atoms with Gasteiger partial charge in [-0.25, -0.2) is 4.79 Å². The number of hydrogen-bond donors (Lipinski definition) is 1. The van der Waals surface area contributed by atoms with Crippen LogP contribution in [0.2, 0.25) is 0 Å². The van der Waals surface area contributed by atoms with E-state index in [1.807, 2.05) is 48.5 Å². The van der Waals surface area contributed by atoms with Crippen molar-refractivity contribution in [3.05, 3.63) is 101 Å². The number of esters is 1. The zero-order valence-electron chi connectivity index (χ0n) is 23.9. The van der Waals surface area contributed by atoms with Crippen LogP contribution in [0.3, 0.4) is 0 Å². The zero-order valence-corrected chi connectivity index (χ0v) is 25.5. The van der Waals surface area contributed by atoms with Gasteiger partial charge in [-0.05, 0) is 73.2 Å². The number of unbranched alkanes of at least 4 members (excludes halogenated alkanes) is 2. The summed E-state index contributed by atoms with van der Waals surface area (Å²) in [6.45, 7) is 3.81. The van der Waals surface area contributed by atoms with E-state index in [0.717, 1.165) is 22.3 Å². The minimum absolute atomic E-state index is 0.155. The van der Waals surface area contributed by atoms with Gasteiger partial charge < -0.3 is 10.1 Å². The summed E-state index contributed by atoms with van der Waals surface area (Å²) in [5.74, 6) is -2.75. The fraction of sp³-hybridized carbons (Fsp3) is 0.353. The summed E-state index contributed by atoms with van der Waals surface area (Å²) in [6, 6.07) is 21.7. The summed E-state index contributed by atoms with van der Waals surface area (Å²) < 4.78 is 5.18. The van der Waals surface area contributed by atoms with Gasteiger partial charge in [0.2, 0.25) is 17.7 Å². The van der Waals surface area contributed by atoms with E-state index in [4.69, 9.17) is 27.9 Å². The highest BCUT2D eigenvalue weighted by molar-refractivity contribution is 6.36. The van der Waals surface area contributed by atoms with Crippen molar-refractivity contribution in [3.8, 4) is 0 Å². The molecule has 1 saturated heterocycles. The number of carbonyl (C=O) groups excluding carboxylic acids is 4. The van der Waals surface area contributed by atoms with Gasteiger partial charge in [-0.2, -0.15) is 0 Å². The highest BCUT2D eigenvalue weighted by atomic mass is 35.5. The van der Waals surface area contributed by atoms with Gasteiger partial charge >= 0.3 is 5.97 Å². The molecule has 0 unspecified atom stereocenters. The van der Waals surface area contributed by atoms with Crippen LogP contribution in [-0.4, -0.2) is 41.2 Å². The Morgan fingerprint density at radius 2 is 1.28 bits per heavy atom. The number of ether oxygens (including phenoxy) is 1. The quantitative estimate of drug-likeness (QED) is 0.131. The van der Waals surface area contributed by atoms with Crippen molar-refractivity contribution < 1.29 is 23.9 Å². The molecular weight excluding hydrogens is 587 g/mol. The van der Waals surface area contributed by atoms with E-state index in [1.54, 1.807) is 38.1 Å². The number of imide groups is 1. The van der Waals surface area contributed by atoms with Crippen molar-refractivity contribution in [2.75, 3.05) is 11.9 Å². The number of hydrogen-bond acceptors (Lipinski definition) is 5. The zero-order chi connectivity index (χ0) is 30.5. The molecule has 222 valence electrons. The summed E-state index contributed by atoms with van der Waals surface area (Å²) in [4.78, 5) is 51.2. The summed E-state index contributed by atoms with van der Waals surface area (Å²) >= 11 is 14.9. The van der Waals surface area contributed by atoms with E-state index in [1.165, 1.54) is 4.90 Å². The number of benzene rings is 3. The molecule has 2 atom stereocenters. The van der Waals surface area contributed by atoms with Gasteiger partial charge in [0.1, 0.15) is 9.75 Å². The first-order valence-electron chi connectivity index (χ1n) is 14.6. The lowest BCUT2D eigenvalue weighted by Gasteiger charge is -2.54. The van der Waals surface area contributed by atoms with Gasteiger partial charge in [-0.3, -0.25) is 19.3 Å². The molecule has 7 nitrogen and oxygen atoms in total. The van der Waals surface area contributed by atoms with Crippen LogP contribution in [0.4, 0.5) is 5.69 Å². The van der Waals surface area contributed by atoms with Gasteiger partial charge in [0.15, 0.2) is 0 Å². The number of amides is 3. The van der Waals surface area contributed by atoms with Crippen LogP contribution in [0.25, 0.3) is 0 Å². The normalized spacial score (nSPS) is 24.9. The Labute approximate surface area is 260 Å². The lowest BCUT2D eigenvalue weighted by atomic mass is 9.54. The largest absolute Gasteiger partial charge is 0.459 e. The van der Waals surface area contributed by atoms with Crippen LogP contribution < -0.4 is 5.32 Å². The average molecular weight is 620 g/mol. The molecule has 0 radical (unpaired) electrons. The van der Waals surface area contributed by atoms with Crippen LogP contribution in [0.1, 0.15) is 72.1 Å². The fourth-order valence-corrected chi connectivity index (χ4v) is 7.97. The van der Waals surface area contributed by atoms with Gasteiger partial charge in [0, 0.05) is 18.7 Å². The van der Waals surface area contributed by atoms with Crippen molar-refractivity contribution >= 4 is 52.6 Å². The minimum atomic E-state index is -1.18. The Hall–Kier alpha value is -3.68. The molecule has 0 saturated carbocycles. The van der Waals surface area contributed by atoms with Crippen LogP contribution in [0.5, 0.6) is 0 Å². The lowest BCUT2D eigenvalue weighted by Crippen LogP contribution is -2.57. The Balaban J connectivity index is 1.07. The molecular formula is C34H32Cl2N2O5. The Kier molecular flexibility index (Phi) is 7.59. The highest BCUT2D eigenvalue weighted by Gasteiger charge is 2.72. The number of nitrogens with zero attached hydrogens (tertiary/aromatic N) is 1. The molecule has 3 aromatic carbocycles. The summed E-state index contributed by atoms with van der Waals surface area (Å²) in [7, 11) is 0. The molecule has 1 heterocycles. The summed E-state index contributed by atoms with van der Waals surface area (Å²) in [6.07, 6.45) is 1.86. The Morgan fingerprint density at radius 3 is 1.74 bits per heavy atom. The molecule has 3 aliphatic carbocycles. The maximum absolute atomic E-state index is 13.9. The van der Waals surface area contributed by atoms with Crippen LogP contribution in [0.15, 0.2) is 72.8 Å². The van der Waals surface area contributed by atoms with Gasteiger partial charge in [-0.1, -0.05) is 55.0 Å². The molecule has 1 N–H and O–H groups in total. The van der Waals surface area contributed by atoms with Gasteiger partial charge in [0.25, 0.3) is 0 Å². The van der Waals surface area contributed by atoms with Crippen LogP contribution >= 0.6 is 23.2 Å². The van der Waals surface area contributed by atoms with Gasteiger partial charge in [-0.15, -0.1) is 23.2 Å². The number of nitrogens with one attached hydrogen (secondary N) is 1. The Bertz CT molecular complexity index is 1500. The standard InChI is InChI=1S/C34H32Cl2N2O5/c1-20(2)43-32(42)21-15-17-22(18-16-21)37-27(39)14-4-3-9-19-38-30(40)28-29(31(38)41)34(36)24-11-6-5-10-23(24)33(28,35)25-12-7-8-13-26(25)34/h5-8,10-13,15-18,20,28-29H,3-4,9,14,19H2,1-2H3,(H,37,39)/t28-,29-,33?,34?/m0/s1. The summed E-state index contributed by atoms with van der Waals surface area (Å²) in [5, 5.41) is 2.83. The van der Waals surface area contributed by atoms with E-state index in [-0.39, 0.29) is 36.8 Å². The molecule has 0 spiro atoms. The SMILES string of the molecule is CC(C)OC(=O)c1ccc(NC(=O)CCCCCN2C(=O)[C@@H]3[C@@H](C2=O)C2(Cl)c4ccccc4C3(Cl)c3ccccc32)cc1. The Morgan fingerprint density at radius 1 is 0.791 bits per heavy atom. The predicted molar refractivity (Wildman–Crippen MR) is 164 cm³/mol. The molecule has 2 bridgehead atoms. The summed E-state index contributed by atoms with van der Waals surface area (Å²) in [5.41, 5.74) is 4.13. The number of likely N-dealkylation sites (tertiary alicyclic amines) is 1. The van der Waals surface area contributed by atoms with E-state index in [0.29, 0.717) is 30.5 Å². The van der Waals surface area contributed by atoms with Crippen molar-refractivity contribution in [1.82, 2.24) is 4.90 Å². The first-order chi connectivity index (χ1) is 20.6. The maximum Gasteiger partial charge on any atom is 0.338 e. The molecule has 3 amide bonds. The molecule has 0 aromatic heterocycles. The average Bonchev–Trinajstić information content (AvgIpc) is 3.26. The van der Waals surface area contributed by atoms with E-state index >= 15 is 0 Å². The van der Waals surface area contributed by atoms with Crippen molar-refractivity contribution in [1.29, 1.82) is 0 Å². The second-order valence-electron chi connectivity index (χ2n) is 11.7. The van der Waals surface area contributed by atoms with Crippen LogP contribution in [0, 0.1) is 11.8 Å². The lowest BCUT2D eigenvalue weighted by molar-refractivity contribution is -0.140. The molecule has 9 heteroatoms. The molecule has 7 rings (SSSR count). The smallest absolute Gasteiger partial charge is 0.338 e. The van der Waals surface area contributed by atoms with E-state index in [2.05, 4.69) is 5.32 Å². The van der Waals surface area contributed by atoms with E-state index in [9.17, 15) is 19.2 Å². The van der Waals surface area contributed by atoms with E-state index < -0.39 is 27.6 Å². The highest BCUT2D eigenvalue weighted by Crippen LogP contribution is 2.69. The fourth-order valence-electron chi connectivity index (χ4n) is 6.87. The second kappa shape index (κ2) is 11.1. The predicted octanol–water partition coefficient (Wildman–Crippen LogP) is 6.34. The number of anilines is 1. The monoisotopic (exact) mass is 618 g/mol. The third-order valence-electron chi connectivity index (χ3n) is 8.71. The molecule has 4 aliphatic rings. The van der Waals surface area contributed by atoms with Crippen molar-refractivity contribution in [2.45, 2.75) is 55.4 Å². The van der Waals surface area contributed by atoms with Crippen LogP contribution in [-0.2, 0) is 28.9 Å². The molecule has 1 aliphatic heterocycles. The van der Waals surface area contributed by atoms with Crippen molar-refractivity contribution in [3.63, 3.8) is 0 Å². The maximum atomic E-state index is 13.9. The number of halogens is 2. The van der Waals surface area contributed by atoms with Gasteiger partial charge in [0.05, 0.1) is 23.5 Å². The molecule has 3 aromatic rings. The van der Waals surface area contributed by atoms with Crippen molar-refractivity contribution in [2.24, 2.45) is 11.8 Å².